The van der Waals surface area contributed by atoms with Crippen molar-refractivity contribution >= 4 is 11.9 Å². The number of rotatable bonds is 7. The van der Waals surface area contributed by atoms with E-state index in [0.29, 0.717) is 19.5 Å². The van der Waals surface area contributed by atoms with Crippen LogP contribution in [-0.4, -0.2) is 41.4 Å². The minimum Gasteiger partial charge on any atom is -0.428 e. The first-order valence-corrected chi connectivity index (χ1v) is 8.42. The van der Waals surface area contributed by atoms with Crippen LogP contribution in [0.3, 0.4) is 0 Å². The Kier molecular flexibility index (Phi) is 5.11. The molecular formula is C17H25F2NO3. The molecule has 23 heavy (non-hydrogen) atoms. The highest BCUT2D eigenvalue weighted by atomic mass is 19.3. The summed E-state index contributed by atoms with van der Waals surface area (Å²) >= 11 is 0. The Bertz CT molecular complexity index is 502. The molecule has 6 heteroatoms. The molecule has 0 N–H and O–H groups in total. The van der Waals surface area contributed by atoms with Crippen molar-refractivity contribution in [2.45, 2.75) is 58.0 Å². The normalized spacial score (nSPS) is 30.5. The summed E-state index contributed by atoms with van der Waals surface area (Å²) < 4.78 is 35.1. The molecule has 1 saturated carbocycles. The van der Waals surface area contributed by atoms with Gasteiger partial charge in [0.05, 0.1) is 0 Å². The number of halogens is 2. The summed E-state index contributed by atoms with van der Waals surface area (Å²) in [6.45, 7) is 6.08. The molecule has 2 aliphatic rings. The van der Waals surface area contributed by atoms with Gasteiger partial charge >= 0.3 is 12.0 Å². The van der Waals surface area contributed by atoms with Crippen LogP contribution in [0.1, 0.15) is 46.5 Å². The van der Waals surface area contributed by atoms with Crippen LogP contribution in [-0.2, 0) is 9.53 Å². The number of unbranched alkanes of at least 4 members (excludes halogenated alkanes) is 1. The second-order valence-electron chi connectivity index (χ2n) is 6.26. The predicted molar refractivity (Wildman–Crippen MR) is 82.3 cm³/mol. The number of ether oxygens (including phenoxy) is 1. The maximum absolute atomic E-state index is 14.9. The average Bonchev–Trinajstić information content (AvgIpc) is 3.07. The summed E-state index contributed by atoms with van der Waals surface area (Å²) in [6.07, 6.45) is 3.64. The molecule has 0 aromatic carbocycles. The topological polar surface area (TPSA) is 46.6 Å². The van der Waals surface area contributed by atoms with E-state index in [1.807, 2.05) is 6.92 Å². The number of fused-ring (bicyclic) bond motifs is 2. The monoisotopic (exact) mass is 329 g/mol. The van der Waals surface area contributed by atoms with E-state index in [4.69, 9.17) is 4.74 Å². The number of amides is 1. The van der Waals surface area contributed by atoms with Gasteiger partial charge in [0, 0.05) is 31.3 Å². The fourth-order valence-corrected chi connectivity index (χ4v) is 3.59. The molecule has 0 saturated heterocycles. The van der Waals surface area contributed by atoms with Crippen molar-refractivity contribution in [2.24, 2.45) is 11.8 Å². The Labute approximate surface area is 135 Å². The molecule has 0 aromatic rings. The van der Waals surface area contributed by atoms with Crippen molar-refractivity contribution in [3.63, 3.8) is 0 Å². The highest BCUT2D eigenvalue weighted by Gasteiger charge is 2.74. The number of hydrogen-bond acceptors (Lipinski definition) is 3. The Hall–Kier alpha value is -1.46. The van der Waals surface area contributed by atoms with Crippen LogP contribution < -0.4 is 0 Å². The summed E-state index contributed by atoms with van der Waals surface area (Å²) in [7, 11) is 0. The molecule has 0 aromatic heterocycles. The van der Waals surface area contributed by atoms with E-state index < -0.39 is 35.2 Å². The Morgan fingerprint density at radius 2 is 1.78 bits per heavy atom. The molecule has 1 fully saturated rings. The third-order valence-corrected chi connectivity index (χ3v) is 5.01. The van der Waals surface area contributed by atoms with E-state index in [1.165, 1.54) is 11.0 Å². The molecule has 0 heterocycles. The highest BCUT2D eigenvalue weighted by molar-refractivity contribution is 5.92. The smallest absolute Gasteiger partial charge is 0.410 e. The first kappa shape index (κ1) is 17.9. The number of ketones is 1. The van der Waals surface area contributed by atoms with Crippen molar-refractivity contribution in [3.8, 4) is 0 Å². The van der Waals surface area contributed by atoms with Gasteiger partial charge in [0.25, 0.3) is 0 Å². The van der Waals surface area contributed by atoms with Crippen molar-refractivity contribution in [2.75, 3.05) is 13.1 Å². The SMILES string of the molecule is CCCCC(=O)[C@@]1(OC(=O)N(CC)CC)[C@H]2C=C[C@H](C2)C1(F)F. The van der Waals surface area contributed by atoms with Gasteiger partial charge in [-0.25, -0.2) is 13.6 Å². The third kappa shape index (κ3) is 2.66. The maximum atomic E-state index is 14.9. The van der Waals surface area contributed by atoms with E-state index in [2.05, 4.69) is 0 Å². The van der Waals surface area contributed by atoms with Crippen LogP contribution >= 0.6 is 0 Å². The first-order valence-electron chi connectivity index (χ1n) is 8.42. The minimum atomic E-state index is -3.35. The van der Waals surface area contributed by atoms with Gasteiger partial charge in [0.2, 0.25) is 5.60 Å². The van der Waals surface area contributed by atoms with E-state index in [9.17, 15) is 18.4 Å². The number of alkyl halides is 2. The Morgan fingerprint density at radius 3 is 2.26 bits per heavy atom. The molecule has 4 nitrogen and oxygen atoms in total. The molecule has 3 atom stereocenters. The Morgan fingerprint density at radius 1 is 1.17 bits per heavy atom. The number of allylic oxidation sites excluding steroid dienone is 1. The number of hydrogen-bond donors (Lipinski definition) is 0. The number of nitrogens with zero attached hydrogens (tertiary/aromatic N) is 1. The van der Waals surface area contributed by atoms with Crippen LogP contribution in [0.15, 0.2) is 12.2 Å². The lowest BCUT2D eigenvalue weighted by molar-refractivity contribution is -0.196. The second kappa shape index (κ2) is 6.57. The van der Waals surface area contributed by atoms with Crippen molar-refractivity contribution in [1.29, 1.82) is 0 Å². The zero-order chi connectivity index (χ0) is 17.3. The second-order valence-corrected chi connectivity index (χ2v) is 6.26. The van der Waals surface area contributed by atoms with Gasteiger partial charge < -0.3 is 9.64 Å². The lowest BCUT2D eigenvalue weighted by Gasteiger charge is -2.40. The summed E-state index contributed by atoms with van der Waals surface area (Å²) in [4.78, 5) is 26.3. The molecule has 0 spiro atoms. The number of Topliss-reactive ketones (excluding diaryl/α,β-unsaturated/α-hetero) is 1. The minimum absolute atomic E-state index is 0.00861. The molecular weight excluding hydrogens is 304 g/mol. The largest absolute Gasteiger partial charge is 0.428 e. The quantitative estimate of drug-likeness (QED) is 0.667. The fraction of sp³-hybridized carbons (Fsp3) is 0.765. The Balaban J connectivity index is 2.35. The van der Waals surface area contributed by atoms with E-state index >= 15 is 0 Å². The summed E-state index contributed by atoms with van der Waals surface area (Å²) in [5, 5.41) is 0. The van der Waals surface area contributed by atoms with E-state index in [1.54, 1.807) is 19.9 Å². The van der Waals surface area contributed by atoms with Crippen molar-refractivity contribution in [1.82, 2.24) is 4.90 Å². The molecule has 2 rings (SSSR count). The maximum Gasteiger partial charge on any atom is 0.410 e. The van der Waals surface area contributed by atoms with E-state index in [-0.39, 0.29) is 12.8 Å². The zero-order valence-corrected chi connectivity index (χ0v) is 14.0. The van der Waals surface area contributed by atoms with Crippen molar-refractivity contribution < 1.29 is 23.1 Å². The number of carbonyl (C=O) groups excluding carboxylic acids is 2. The van der Waals surface area contributed by atoms with E-state index in [0.717, 1.165) is 6.42 Å². The van der Waals surface area contributed by atoms with Crippen LogP contribution in [0.25, 0.3) is 0 Å². The van der Waals surface area contributed by atoms with Gasteiger partial charge in [-0.2, -0.15) is 0 Å². The van der Waals surface area contributed by atoms with Crippen LogP contribution in [0.2, 0.25) is 0 Å². The molecule has 2 bridgehead atoms. The third-order valence-electron chi connectivity index (χ3n) is 5.01. The summed E-state index contributed by atoms with van der Waals surface area (Å²) in [5.74, 6) is -5.75. The van der Waals surface area contributed by atoms with Gasteiger partial charge in [-0.05, 0) is 26.7 Å². The lowest BCUT2D eigenvalue weighted by Crippen LogP contribution is -2.61. The molecule has 1 amide bonds. The average molecular weight is 329 g/mol. The molecule has 0 aliphatic heterocycles. The highest BCUT2D eigenvalue weighted by Crippen LogP contribution is 2.59. The van der Waals surface area contributed by atoms with Gasteiger partial charge in [0.15, 0.2) is 5.78 Å². The molecule has 2 aliphatic carbocycles. The van der Waals surface area contributed by atoms with Gasteiger partial charge in [-0.1, -0.05) is 25.5 Å². The number of carbonyl (C=O) groups is 2. The first-order chi connectivity index (χ1) is 10.8. The van der Waals surface area contributed by atoms with Gasteiger partial charge in [-0.3, -0.25) is 4.79 Å². The summed E-state index contributed by atoms with van der Waals surface area (Å²) in [6, 6.07) is 0. The zero-order valence-electron chi connectivity index (χ0n) is 14.0. The van der Waals surface area contributed by atoms with Crippen molar-refractivity contribution in [3.05, 3.63) is 12.2 Å². The van der Waals surface area contributed by atoms with Gasteiger partial charge in [-0.15, -0.1) is 0 Å². The standard InChI is InChI=1S/C17H25F2NO3/c1-4-7-8-14(21)16(23-15(22)20(5-2)6-3)12-9-10-13(11-12)17(16,18)19/h9-10,12-13H,4-8,11H2,1-3H3/t12-,13+,16-/m0/s1. The molecule has 130 valence electrons. The lowest BCUT2D eigenvalue weighted by atomic mass is 9.79. The van der Waals surface area contributed by atoms with Crippen LogP contribution in [0, 0.1) is 11.8 Å². The summed E-state index contributed by atoms with van der Waals surface area (Å²) in [5.41, 5.74) is -2.33. The molecule has 0 radical (unpaired) electrons. The molecule has 0 unspecified atom stereocenters. The van der Waals surface area contributed by atoms with Crippen LogP contribution in [0.4, 0.5) is 13.6 Å². The van der Waals surface area contributed by atoms with Gasteiger partial charge in [0.1, 0.15) is 0 Å². The predicted octanol–water partition coefficient (Wildman–Crippen LogP) is 3.80. The van der Waals surface area contributed by atoms with Crippen LogP contribution in [0.5, 0.6) is 0 Å². The fourth-order valence-electron chi connectivity index (χ4n) is 3.59.